The van der Waals surface area contributed by atoms with E-state index < -0.39 is 5.54 Å². The second kappa shape index (κ2) is 6.36. The molecule has 4 rings (SSSR count). The molecular formula is C20H27N3O2. The van der Waals surface area contributed by atoms with Crippen LogP contribution in [0.15, 0.2) is 18.2 Å². The van der Waals surface area contributed by atoms with Crippen LogP contribution in [0.3, 0.4) is 0 Å². The Morgan fingerprint density at radius 1 is 1.24 bits per heavy atom. The van der Waals surface area contributed by atoms with Gasteiger partial charge in [0.25, 0.3) is 5.91 Å². The molecule has 5 nitrogen and oxygen atoms in total. The summed E-state index contributed by atoms with van der Waals surface area (Å²) in [5, 5.41) is 6.16. The molecule has 2 N–H and O–H groups in total. The molecule has 0 aromatic heterocycles. The molecule has 0 saturated heterocycles. The van der Waals surface area contributed by atoms with Gasteiger partial charge in [-0.1, -0.05) is 18.9 Å². The van der Waals surface area contributed by atoms with Crippen LogP contribution in [0.5, 0.6) is 0 Å². The third kappa shape index (κ3) is 3.24. The highest BCUT2D eigenvalue weighted by Crippen LogP contribution is 2.33. The first-order valence-corrected chi connectivity index (χ1v) is 9.52. The van der Waals surface area contributed by atoms with Crippen molar-refractivity contribution in [3.05, 3.63) is 29.3 Å². The van der Waals surface area contributed by atoms with Crippen LogP contribution in [0, 0.1) is 5.92 Å². The number of nitrogens with zero attached hydrogens (tertiary/aromatic N) is 1. The van der Waals surface area contributed by atoms with Crippen molar-refractivity contribution < 1.29 is 9.59 Å². The van der Waals surface area contributed by atoms with Gasteiger partial charge in [-0.05, 0) is 55.7 Å². The number of rotatable bonds is 5. The van der Waals surface area contributed by atoms with Crippen molar-refractivity contribution in [2.45, 2.75) is 50.5 Å². The van der Waals surface area contributed by atoms with Crippen molar-refractivity contribution in [2.24, 2.45) is 5.92 Å². The highest BCUT2D eigenvalue weighted by molar-refractivity contribution is 6.00. The zero-order valence-corrected chi connectivity index (χ0v) is 14.9. The summed E-state index contributed by atoms with van der Waals surface area (Å²) in [6.45, 7) is 1.74. The van der Waals surface area contributed by atoms with Gasteiger partial charge in [0.2, 0.25) is 5.91 Å². The standard InChI is InChI=1S/C20H27N3O2/c1-23-11-8-15-6-7-16(12-17(15)23)18(24)22-20(9-2-3-10-20)19(25)21-13-14-4-5-14/h6-7,12,14H,2-5,8-11,13H2,1H3,(H,21,25)(H,22,24). The average Bonchev–Trinajstić information content (AvgIpc) is 3.21. The number of anilines is 1. The van der Waals surface area contributed by atoms with E-state index in [1.807, 2.05) is 18.2 Å². The third-order valence-electron chi connectivity index (χ3n) is 5.97. The fourth-order valence-electron chi connectivity index (χ4n) is 4.09. The molecule has 134 valence electrons. The molecule has 0 atom stereocenters. The maximum atomic E-state index is 12.9. The van der Waals surface area contributed by atoms with Gasteiger partial charge >= 0.3 is 0 Å². The SMILES string of the molecule is CN1CCc2ccc(C(=O)NC3(C(=O)NCC4CC4)CCCC3)cc21. The quantitative estimate of drug-likeness (QED) is 0.863. The highest BCUT2D eigenvalue weighted by Gasteiger charge is 2.43. The number of carbonyl (C=O) groups excluding carboxylic acids is 2. The van der Waals surface area contributed by atoms with E-state index in [9.17, 15) is 9.59 Å². The Bertz CT molecular complexity index is 690. The maximum absolute atomic E-state index is 12.9. The van der Waals surface area contributed by atoms with E-state index in [2.05, 4.69) is 22.6 Å². The summed E-state index contributed by atoms with van der Waals surface area (Å²) in [6, 6.07) is 5.89. The molecule has 1 aliphatic heterocycles. The normalized spacial score (nSPS) is 21.1. The number of fused-ring (bicyclic) bond motifs is 1. The van der Waals surface area contributed by atoms with Crippen LogP contribution in [0.2, 0.25) is 0 Å². The topological polar surface area (TPSA) is 61.4 Å². The van der Waals surface area contributed by atoms with Crippen molar-refractivity contribution in [1.82, 2.24) is 10.6 Å². The molecular weight excluding hydrogens is 314 g/mol. The lowest BCUT2D eigenvalue weighted by atomic mass is 9.95. The molecule has 1 aromatic carbocycles. The molecule has 1 aromatic rings. The molecule has 2 fully saturated rings. The van der Waals surface area contributed by atoms with Gasteiger partial charge in [-0.3, -0.25) is 9.59 Å². The monoisotopic (exact) mass is 341 g/mol. The van der Waals surface area contributed by atoms with Crippen molar-refractivity contribution >= 4 is 17.5 Å². The molecule has 0 radical (unpaired) electrons. The van der Waals surface area contributed by atoms with Crippen LogP contribution in [0.25, 0.3) is 0 Å². The van der Waals surface area contributed by atoms with Crippen LogP contribution in [-0.2, 0) is 11.2 Å². The minimum absolute atomic E-state index is 0.00327. The van der Waals surface area contributed by atoms with E-state index >= 15 is 0 Å². The predicted molar refractivity (Wildman–Crippen MR) is 97.8 cm³/mol. The lowest BCUT2D eigenvalue weighted by molar-refractivity contribution is -0.127. The van der Waals surface area contributed by atoms with E-state index in [1.165, 1.54) is 18.4 Å². The number of hydrogen-bond acceptors (Lipinski definition) is 3. The molecule has 2 amide bonds. The van der Waals surface area contributed by atoms with Gasteiger partial charge in [0.05, 0.1) is 0 Å². The van der Waals surface area contributed by atoms with Gasteiger partial charge in [0.15, 0.2) is 0 Å². The van der Waals surface area contributed by atoms with Crippen LogP contribution >= 0.6 is 0 Å². The lowest BCUT2D eigenvalue weighted by Gasteiger charge is -2.29. The van der Waals surface area contributed by atoms with E-state index in [0.717, 1.165) is 50.9 Å². The van der Waals surface area contributed by atoms with E-state index in [4.69, 9.17) is 0 Å². The fourth-order valence-corrected chi connectivity index (χ4v) is 4.09. The van der Waals surface area contributed by atoms with Crippen molar-refractivity contribution in [3.63, 3.8) is 0 Å². The Labute approximate surface area is 149 Å². The summed E-state index contributed by atoms with van der Waals surface area (Å²) in [6.07, 6.45) is 6.90. The molecule has 25 heavy (non-hydrogen) atoms. The minimum Gasteiger partial charge on any atom is -0.374 e. The van der Waals surface area contributed by atoms with E-state index in [0.29, 0.717) is 11.5 Å². The zero-order valence-electron chi connectivity index (χ0n) is 14.9. The molecule has 0 unspecified atom stereocenters. The summed E-state index contributed by atoms with van der Waals surface area (Å²) < 4.78 is 0. The minimum atomic E-state index is -0.725. The Kier molecular flexibility index (Phi) is 4.18. The highest BCUT2D eigenvalue weighted by atomic mass is 16.2. The lowest BCUT2D eigenvalue weighted by Crippen LogP contribution is -2.57. The second-order valence-electron chi connectivity index (χ2n) is 7.91. The molecule has 1 heterocycles. The number of nitrogens with one attached hydrogen (secondary N) is 2. The van der Waals surface area contributed by atoms with Gasteiger partial charge in [0.1, 0.15) is 5.54 Å². The second-order valence-corrected chi connectivity index (χ2v) is 7.91. The third-order valence-corrected chi connectivity index (χ3v) is 5.97. The van der Waals surface area contributed by atoms with Crippen molar-refractivity contribution in [2.75, 3.05) is 25.0 Å². The molecule has 2 saturated carbocycles. The first-order chi connectivity index (χ1) is 12.1. The van der Waals surface area contributed by atoms with E-state index in [1.54, 1.807) is 0 Å². The van der Waals surface area contributed by atoms with Gasteiger partial charge < -0.3 is 15.5 Å². The number of carbonyl (C=O) groups is 2. The van der Waals surface area contributed by atoms with Crippen LogP contribution in [0.4, 0.5) is 5.69 Å². The molecule has 3 aliphatic rings. The number of amides is 2. The summed E-state index contributed by atoms with van der Waals surface area (Å²) in [5.74, 6) is 0.514. The van der Waals surface area contributed by atoms with Crippen molar-refractivity contribution in [3.8, 4) is 0 Å². The van der Waals surface area contributed by atoms with Crippen molar-refractivity contribution in [1.29, 1.82) is 0 Å². The van der Waals surface area contributed by atoms with Gasteiger partial charge in [-0.25, -0.2) is 0 Å². The summed E-state index contributed by atoms with van der Waals surface area (Å²) in [4.78, 5) is 27.8. The molecule has 0 bridgehead atoms. The summed E-state index contributed by atoms with van der Waals surface area (Å²) >= 11 is 0. The maximum Gasteiger partial charge on any atom is 0.252 e. The first kappa shape index (κ1) is 16.4. The summed E-state index contributed by atoms with van der Waals surface area (Å²) in [5.41, 5.74) is 2.34. The number of likely N-dealkylation sites (N-methyl/N-ethyl adjacent to an activating group) is 1. The first-order valence-electron chi connectivity index (χ1n) is 9.52. The number of hydrogen-bond donors (Lipinski definition) is 2. The zero-order chi connectivity index (χ0) is 17.4. The predicted octanol–water partition coefficient (Wildman–Crippen LogP) is 2.25. The molecule has 2 aliphatic carbocycles. The Hall–Kier alpha value is -2.04. The molecule has 0 spiro atoms. The fraction of sp³-hybridized carbons (Fsp3) is 0.600. The number of benzene rings is 1. The van der Waals surface area contributed by atoms with E-state index in [-0.39, 0.29) is 11.8 Å². The van der Waals surface area contributed by atoms with Crippen LogP contribution in [-0.4, -0.2) is 37.5 Å². The smallest absolute Gasteiger partial charge is 0.252 e. The largest absolute Gasteiger partial charge is 0.374 e. The molecule has 5 heteroatoms. The van der Waals surface area contributed by atoms with Crippen LogP contribution in [0.1, 0.15) is 54.4 Å². The van der Waals surface area contributed by atoms with Gasteiger partial charge in [-0.2, -0.15) is 0 Å². The van der Waals surface area contributed by atoms with Gasteiger partial charge in [0, 0.05) is 31.4 Å². The summed E-state index contributed by atoms with van der Waals surface area (Å²) in [7, 11) is 2.05. The van der Waals surface area contributed by atoms with Gasteiger partial charge in [-0.15, -0.1) is 0 Å². The Morgan fingerprint density at radius 2 is 2.00 bits per heavy atom. The van der Waals surface area contributed by atoms with Crippen LogP contribution < -0.4 is 15.5 Å². The Balaban J connectivity index is 1.49. The average molecular weight is 341 g/mol. The Morgan fingerprint density at radius 3 is 2.72 bits per heavy atom.